The lowest BCUT2D eigenvalue weighted by atomic mass is 9.95. The van der Waals surface area contributed by atoms with Gasteiger partial charge in [0.2, 0.25) is 11.8 Å². The summed E-state index contributed by atoms with van der Waals surface area (Å²) in [6, 6.07) is 13.5. The first-order chi connectivity index (χ1) is 16.0. The maximum atomic E-state index is 13.5. The summed E-state index contributed by atoms with van der Waals surface area (Å²) in [6.45, 7) is 4.13. The van der Waals surface area contributed by atoms with Crippen LogP contribution in [0.4, 0.5) is 0 Å². The van der Waals surface area contributed by atoms with E-state index in [2.05, 4.69) is 21.6 Å². The van der Waals surface area contributed by atoms with Crippen molar-refractivity contribution in [3.8, 4) is 5.75 Å². The molecule has 4 heterocycles. The first kappa shape index (κ1) is 20.4. The molecule has 33 heavy (non-hydrogen) atoms. The predicted octanol–water partition coefficient (Wildman–Crippen LogP) is 1.18. The summed E-state index contributed by atoms with van der Waals surface area (Å²) < 4.78 is 6.43. The molecular weight excluding hydrogens is 420 g/mol. The average molecular weight is 447 g/mol. The van der Waals surface area contributed by atoms with E-state index in [-0.39, 0.29) is 29.7 Å². The van der Waals surface area contributed by atoms with E-state index in [0.29, 0.717) is 25.1 Å². The second kappa shape index (κ2) is 7.67. The highest BCUT2D eigenvalue weighted by molar-refractivity contribution is 6.06. The van der Waals surface area contributed by atoms with E-state index >= 15 is 0 Å². The van der Waals surface area contributed by atoms with Gasteiger partial charge in [-0.15, -0.1) is 0 Å². The molecule has 1 atom stereocenters. The van der Waals surface area contributed by atoms with Crippen molar-refractivity contribution in [2.24, 2.45) is 0 Å². The van der Waals surface area contributed by atoms with Crippen molar-refractivity contribution in [1.29, 1.82) is 0 Å². The summed E-state index contributed by atoms with van der Waals surface area (Å²) in [4.78, 5) is 41.4. The lowest BCUT2D eigenvalue weighted by molar-refractivity contribution is -0.136. The number of hydrogen-bond acceptors (Lipinski definition) is 6. The number of para-hydroxylation sites is 1. The fourth-order valence-corrected chi connectivity index (χ4v) is 5.47. The molecule has 2 N–H and O–H groups in total. The Kier molecular flexibility index (Phi) is 4.74. The molecule has 1 unspecified atom stereocenters. The van der Waals surface area contributed by atoms with E-state index in [0.717, 1.165) is 48.6 Å². The molecule has 8 nitrogen and oxygen atoms in total. The minimum absolute atomic E-state index is 0.124. The second-order valence-corrected chi connectivity index (χ2v) is 9.49. The van der Waals surface area contributed by atoms with Gasteiger partial charge in [-0.3, -0.25) is 24.6 Å². The molecule has 1 spiro atoms. The Labute approximate surface area is 191 Å². The van der Waals surface area contributed by atoms with Crippen molar-refractivity contribution in [2.75, 3.05) is 19.6 Å². The number of ether oxygens (including phenoxy) is 1. The standard InChI is InChI=1S/C25H26N4O4/c30-21-9-8-19(23(31)27-21)29-12-18-6-3-5-17(22(18)24(29)32)11-28-10-16-4-1-2-7-20(16)33-25(15-28)13-26-14-25/h1-7,19,26H,8-15H2,(H,27,30,31). The van der Waals surface area contributed by atoms with Gasteiger partial charge in [-0.05, 0) is 23.6 Å². The molecule has 3 amide bonds. The van der Waals surface area contributed by atoms with Gasteiger partial charge in [0, 0.05) is 56.8 Å². The van der Waals surface area contributed by atoms with Crippen LogP contribution in [0.1, 0.15) is 39.9 Å². The van der Waals surface area contributed by atoms with Gasteiger partial charge in [-0.25, -0.2) is 0 Å². The summed E-state index contributed by atoms with van der Waals surface area (Å²) in [5, 5.41) is 5.71. The van der Waals surface area contributed by atoms with Crippen molar-refractivity contribution in [3.05, 3.63) is 64.7 Å². The number of benzene rings is 2. The fraction of sp³-hybridized carbons (Fsp3) is 0.400. The molecule has 2 saturated heterocycles. The summed E-state index contributed by atoms with van der Waals surface area (Å²) in [5.74, 6) is 0.153. The molecule has 0 aliphatic carbocycles. The minimum atomic E-state index is -0.599. The number of carbonyl (C=O) groups excluding carboxylic acids is 3. The van der Waals surface area contributed by atoms with E-state index < -0.39 is 6.04 Å². The number of amides is 3. The molecule has 0 bridgehead atoms. The molecular formula is C25H26N4O4. The lowest BCUT2D eigenvalue weighted by Gasteiger charge is -2.43. The molecule has 170 valence electrons. The topological polar surface area (TPSA) is 91.0 Å². The van der Waals surface area contributed by atoms with E-state index in [4.69, 9.17) is 4.74 Å². The molecule has 6 rings (SSSR count). The first-order valence-electron chi connectivity index (χ1n) is 11.5. The molecule has 4 aliphatic rings. The van der Waals surface area contributed by atoms with Crippen molar-refractivity contribution >= 4 is 17.7 Å². The molecule has 8 heteroatoms. The van der Waals surface area contributed by atoms with E-state index in [9.17, 15) is 14.4 Å². The molecule has 2 aromatic rings. The molecule has 0 aromatic heterocycles. The van der Waals surface area contributed by atoms with E-state index in [1.165, 1.54) is 0 Å². The average Bonchev–Trinajstić information content (AvgIpc) is 3.00. The minimum Gasteiger partial charge on any atom is -0.483 e. The number of imide groups is 1. The van der Waals surface area contributed by atoms with Gasteiger partial charge in [0.05, 0.1) is 0 Å². The van der Waals surface area contributed by atoms with Crippen LogP contribution in [-0.4, -0.2) is 58.8 Å². The zero-order valence-corrected chi connectivity index (χ0v) is 18.3. The number of hydrogen-bond donors (Lipinski definition) is 2. The Balaban J connectivity index is 1.27. The van der Waals surface area contributed by atoms with Crippen LogP contribution in [-0.2, 0) is 29.2 Å². The van der Waals surface area contributed by atoms with E-state index in [1.54, 1.807) is 4.90 Å². The van der Waals surface area contributed by atoms with Crippen LogP contribution in [0, 0.1) is 0 Å². The molecule has 0 radical (unpaired) electrons. The maximum Gasteiger partial charge on any atom is 0.255 e. The second-order valence-electron chi connectivity index (χ2n) is 9.49. The third-order valence-electron chi connectivity index (χ3n) is 7.13. The highest BCUT2D eigenvalue weighted by atomic mass is 16.5. The SMILES string of the molecule is O=C1CCC(N2Cc3cccc(CN4Cc5ccccc5OC5(CNC5)C4)c3C2=O)C(=O)N1. The fourth-order valence-electron chi connectivity index (χ4n) is 5.47. The highest BCUT2D eigenvalue weighted by Crippen LogP contribution is 2.34. The normalized spacial score (nSPS) is 23.9. The molecule has 4 aliphatic heterocycles. The summed E-state index contributed by atoms with van der Waals surface area (Å²) in [5.41, 5.74) is 3.49. The summed E-state index contributed by atoms with van der Waals surface area (Å²) >= 11 is 0. The van der Waals surface area contributed by atoms with E-state index in [1.807, 2.05) is 36.4 Å². The Bertz CT molecular complexity index is 1160. The van der Waals surface area contributed by atoms with Crippen molar-refractivity contribution in [1.82, 2.24) is 20.4 Å². The molecule has 2 fully saturated rings. The van der Waals surface area contributed by atoms with Gasteiger partial charge in [-0.2, -0.15) is 0 Å². The Morgan fingerprint density at radius 3 is 2.61 bits per heavy atom. The lowest BCUT2D eigenvalue weighted by Crippen LogP contribution is -2.67. The maximum absolute atomic E-state index is 13.5. The number of nitrogens with zero attached hydrogens (tertiary/aromatic N) is 2. The highest BCUT2D eigenvalue weighted by Gasteiger charge is 2.44. The van der Waals surface area contributed by atoms with Crippen molar-refractivity contribution in [2.45, 2.75) is 44.1 Å². The van der Waals surface area contributed by atoms with Gasteiger partial charge in [-0.1, -0.05) is 36.4 Å². The van der Waals surface area contributed by atoms with Gasteiger partial charge in [0.25, 0.3) is 5.91 Å². The van der Waals surface area contributed by atoms with Crippen LogP contribution in [0.15, 0.2) is 42.5 Å². The predicted molar refractivity (Wildman–Crippen MR) is 119 cm³/mol. The smallest absolute Gasteiger partial charge is 0.255 e. The van der Waals surface area contributed by atoms with Crippen LogP contribution in [0.3, 0.4) is 0 Å². The monoisotopic (exact) mass is 446 g/mol. The number of nitrogens with one attached hydrogen (secondary N) is 2. The quantitative estimate of drug-likeness (QED) is 0.689. The van der Waals surface area contributed by atoms with Gasteiger partial charge in [0.15, 0.2) is 0 Å². The zero-order chi connectivity index (χ0) is 22.6. The third-order valence-corrected chi connectivity index (χ3v) is 7.13. The molecule has 0 saturated carbocycles. The van der Waals surface area contributed by atoms with Crippen LogP contribution < -0.4 is 15.4 Å². The Hall–Kier alpha value is -3.23. The number of piperidine rings is 1. The zero-order valence-electron chi connectivity index (χ0n) is 18.3. The van der Waals surface area contributed by atoms with Gasteiger partial charge >= 0.3 is 0 Å². The molecule has 2 aromatic carbocycles. The van der Waals surface area contributed by atoms with Crippen LogP contribution in [0.5, 0.6) is 5.75 Å². The summed E-state index contributed by atoms with van der Waals surface area (Å²) in [6.07, 6.45) is 0.627. The van der Waals surface area contributed by atoms with Crippen LogP contribution >= 0.6 is 0 Å². The van der Waals surface area contributed by atoms with Crippen molar-refractivity contribution < 1.29 is 19.1 Å². The van der Waals surface area contributed by atoms with Gasteiger partial charge < -0.3 is 15.0 Å². The Morgan fingerprint density at radius 2 is 1.82 bits per heavy atom. The third kappa shape index (κ3) is 3.50. The number of rotatable bonds is 3. The Morgan fingerprint density at radius 1 is 1.00 bits per heavy atom. The first-order valence-corrected chi connectivity index (χ1v) is 11.5. The number of fused-ring (bicyclic) bond motifs is 2. The number of carbonyl (C=O) groups is 3. The van der Waals surface area contributed by atoms with Crippen LogP contribution in [0.25, 0.3) is 0 Å². The van der Waals surface area contributed by atoms with Crippen molar-refractivity contribution in [3.63, 3.8) is 0 Å². The van der Waals surface area contributed by atoms with Crippen LogP contribution in [0.2, 0.25) is 0 Å². The van der Waals surface area contributed by atoms with Gasteiger partial charge in [0.1, 0.15) is 17.4 Å². The largest absolute Gasteiger partial charge is 0.483 e. The summed E-state index contributed by atoms with van der Waals surface area (Å²) in [7, 11) is 0.